The van der Waals surface area contributed by atoms with Crippen LogP contribution in [-0.2, 0) is 30.3 Å². The van der Waals surface area contributed by atoms with Crippen LogP contribution in [0.15, 0.2) is 60.4 Å². The Morgan fingerprint density at radius 1 is 0.938 bits per heavy atom. The maximum atomic E-state index is 11.0. The van der Waals surface area contributed by atoms with Crippen molar-refractivity contribution in [1.82, 2.24) is 4.98 Å². The van der Waals surface area contributed by atoms with E-state index in [-0.39, 0.29) is 48.9 Å². The summed E-state index contributed by atoms with van der Waals surface area (Å²) in [6.07, 6.45) is 12.6. The van der Waals surface area contributed by atoms with Gasteiger partial charge in [0.1, 0.15) is 0 Å². The average Bonchev–Trinajstić information content (AvgIpc) is 3.47. The zero-order valence-electron chi connectivity index (χ0n) is 30.7. The zero-order chi connectivity index (χ0) is 34.1. The molecule has 0 bridgehead atoms. The van der Waals surface area contributed by atoms with Crippen molar-refractivity contribution in [2.24, 2.45) is 17.3 Å². The first-order valence-electron chi connectivity index (χ1n) is 18.0. The molecule has 2 aliphatic rings. The van der Waals surface area contributed by atoms with E-state index in [0.29, 0.717) is 11.3 Å². The van der Waals surface area contributed by atoms with Crippen molar-refractivity contribution in [3.8, 4) is 11.3 Å². The first-order chi connectivity index (χ1) is 22.2. The third-order valence-corrected chi connectivity index (χ3v) is 10.7. The minimum absolute atomic E-state index is 0. The summed E-state index contributed by atoms with van der Waals surface area (Å²) >= 11 is 0. The number of benzene rings is 3. The quantitative estimate of drug-likeness (QED) is 0.124. The van der Waals surface area contributed by atoms with E-state index >= 15 is 0 Å². The van der Waals surface area contributed by atoms with Crippen molar-refractivity contribution in [1.29, 1.82) is 0 Å². The van der Waals surface area contributed by atoms with Gasteiger partial charge in [-0.15, -0.1) is 29.1 Å². The van der Waals surface area contributed by atoms with Crippen molar-refractivity contribution in [2.45, 2.75) is 125 Å². The molecule has 0 amide bonds. The van der Waals surface area contributed by atoms with Crippen LogP contribution >= 0.6 is 0 Å². The summed E-state index contributed by atoms with van der Waals surface area (Å²) in [5.41, 5.74) is 9.64. The van der Waals surface area contributed by atoms with Gasteiger partial charge in [0.25, 0.3) is 0 Å². The molecule has 48 heavy (non-hydrogen) atoms. The van der Waals surface area contributed by atoms with Crippen molar-refractivity contribution in [2.75, 3.05) is 0 Å². The Morgan fingerprint density at radius 3 is 2.19 bits per heavy atom. The van der Waals surface area contributed by atoms with E-state index in [0.717, 1.165) is 16.8 Å². The molecule has 1 heterocycles. The summed E-state index contributed by atoms with van der Waals surface area (Å²) in [6.45, 7) is 18.7. The van der Waals surface area contributed by atoms with Gasteiger partial charge in [0, 0.05) is 49.1 Å². The molecule has 6 rings (SSSR count). The number of pyridine rings is 1. The van der Waals surface area contributed by atoms with Crippen molar-refractivity contribution in [3.05, 3.63) is 88.7 Å². The number of aliphatic hydroxyl groups is 1. The fraction of sp³-hybridized carbons (Fsp3) is 0.500. The number of fused-ring (bicyclic) bond motifs is 2. The molecule has 0 saturated heterocycles. The average molecular weight is 823 g/mol. The number of aryl methyl sites for hydroxylation is 2. The van der Waals surface area contributed by atoms with Crippen molar-refractivity contribution in [3.63, 3.8) is 0 Å². The SMILES string of the molecule is CC(C)C(=O)/C=C(\O)C(C)C.Cc1cc(C)c2c(C3CCC4(CCCC4)CC3)cc(-c3[c-]c4ccccc4c(C(C)(C)C)c3)nc2c1.[Ir]. The summed E-state index contributed by atoms with van der Waals surface area (Å²) in [5, 5.41) is 13.1. The molecule has 0 atom stereocenters. The van der Waals surface area contributed by atoms with Gasteiger partial charge in [0.15, 0.2) is 5.78 Å². The Bertz CT molecular complexity index is 1780. The second-order valence-electron chi connectivity index (χ2n) is 16.2. The van der Waals surface area contributed by atoms with Crippen LogP contribution in [0.5, 0.6) is 0 Å². The van der Waals surface area contributed by atoms with Gasteiger partial charge < -0.3 is 5.11 Å². The Kier molecular flexibility index (Phi) is 12.2. The van der Waals surface area contributed by atoms with Crippen LogP contribution in [0, 0.1) is 37.2 Å². The van der Waals surface area contributed by atoms with Gasteiger partial charge in [0.2, 0.25) is 0 Å². The van der Waals surface area contributed by atoms with E-state index in [1.165, 1.54) is 95.9 Å². The van der Waals surface area contributed by atoms with Crippen LogP contribution < -0.4 is 0 Å². The molecule has 4 heteroatoms. The van der Waals surface area contributed by atoms with Crippen LogP contribution in [-0.4, -0.2) is 15.9 Å². The predicted molar refractivity (Wildman–Crippen MR) is 199 cm³/mol. The summed E-state index contributed by atoms with van der Waals surface area (Å²) in [4.78, 5) is 16.3. The van der Waals surface area contributed by atoms with Gasteiger partial charge >= 0.3 is 0 Å². The van der Waals surface area contributed by atoms with Gasteiger partial charge in [-0.2, -0.15) is 0 Å². The first kappa shape index (κ1) is 38.0. The number of aromatic nitrogens is 1. The topological polar surface area (TPSA) is 50.2 Å². The number of hydrogen-bond donors (Lipinski definition) is 1. The Balaban J connectivity index is 0.000000376. The predicted octanol–water partition coefficient (Wildman–Crippen LogP) is 12.3. The van der Waals surface area contributed by atoms with Gasteiger partial charge in [0.05, 0.1) is 11.3 Å². The molecule has 1 radical (unpaired) electrons. The molecule has 259 valence electrons. The van der Waals surface area contributed by atoms with Crippen molar-refractivity contribution >= 4 is 27.5 Å². The van der Waals surface area contributed by atoms with E-state index in [9.17, 15) is 9.90 Å². The molecule has 2 aliphatic carbocycles. The third kappa shape index (κ3) is 8.48. The maximum Gasteiger partial charge on any atom is 0.161 e. The molecule has 1 aromatic heterocycles. The number of aliphatic hydroxyl groups excluding tert-OH is 1. The molecule has 3 nitrogen and oxygen atoms in total. The normalized spacial score (nSPS) is 16.8. The standard InChI is InChI=1S/C35H40N.C9H16O2.Ir/c1-23-18-24(2)33-29(25-12-16-35(17-13-25)14-8-9-15-35)22-31(36-32(33)19-23)27-20-26-10-6-7-11-28(26)30(21-27)34(3,4)5;1-6(2)8(10)5-9(11)7(3)4;/h6-7,10-11,18-19,21-22,25H,8-9,12-17H2,1-5H3;5-7,10H,1-4H3;/q-1;;/b;8-5-;. The van der Waals surface area contributed by atoms with Crippen LogP contribution in [0.4, 0.5) is 0 Å². The monoisotopic (exact) mass is 823 g/mol. The van der Waals surface area contributed by atoms with E-state index in [4.69, 9.17) is 4.98 Å². The third-order valence-electron chi connectivity index (χ3n) is 10.7. The van der Waals surface area contributed by atoms with E-state index in [1.807, 2.05) is 27.7 Å². The maximum absolute atomic E-state index is 11.0. The minimum atomic E-state index is -0.0316. The van der Waals surface area contributed by atoms with Crippen LogP contribution in [0.3, 0.4) is 0 Å². The molecule has 2 saturated carbocycles. The number of carbonyl (C=O) groups is 1. The van der Waals surface area contributed by atoms with E-state index in [1.54, 1.807) is 0 Å². The minimum Gasteiger partial charge on any atom is -0.512 e. The molecule has 1 spiro atoms. The second-order valence-corrected chi connectivity index (χ2v) is 16.2. The Hall–Kier alpha value is -2.81. The first-order valence-corrected chi connectivity index (χ1v) is 18.0. The molecule has 0 unspecified atom stereocenters. The largest absolute Gasteiger partial charge is 0.512 e. The van der Waals surface area contributed by atoms with Gasteiger partial charge in [-0.25, -0.2) is 0 Å². The van der Waals surface area contributed by atoms with E-state index < -0.39 is 0 Å². The number of carbonyl (C=O) groups excluding carboxylic acids is 1. The van der Waals surface area contributed by atoms with Crippen LogP contribution in [0.2, 0.25) is 0 Å². The van der Waals surface area contributed by atoms with Gasteiger partial charge in [-0.05, 0) is 91.9 Å². The fourth-order valence-electron chi connectivity index (χ4n) is 7.88. The smallest absolute Gasteiger partial charge is 0.161 e. The van der Waals surface area contributed by atoms with Crippen molar-refractivity contribution < 1.29 is 30.0 Å². The van der Waals surface area contributed by atoms with Crippen LogP contribution in [0.1, 0.15) is 128 Å². The van der Waals surface area contributed by atoms with Gasteiger partial charge in [-0.3, -0.25) is 9.78 Å². The van der Waals surface area contributed by atoms with Crippen LogP contribution in [0.25, 0.3) is 32.9 Å². The van der Waals surface area contributed by atoms with E-state index in [2.05, 4.69) is 89.2 Å². The Morgan fingerprint density at radius 2 is 1.58 bits per heavy atom. The molecule has 2 fully saturated rings. The van der Waals surface area contributed by atoms with Gasteiger partial charge in [-0.1, -0.05) is 103 Å². The number of nitrogens with zero attached hydrogens (tertiary/aromatic N) is 1. The number of rotatable bonds is 5. The molecule has 0 aliphatic heterocycles. The number of allylic oxidation sites excluding steroid dienone is 2. The molecule has 1 N–H and O–H groups in total. The second kappa shape index (κ2) is 15.4. The molecular weight excluding hydrogens is 767 g/mol. The zero-order valence-corrected chi connectivity index (χ0v) is 33.1. The summed E-state index contributed by atoms with van der Waals surface area (Å²) in [6, 6.07) is 21.9. The summed E-state index contributed by atoms with van der Waals surface area (Å²) in [5.74, 6) is 0.790. The Labute approximate surface area is 303 Å². The summed E-state index contributed by atoms with van der Waals surface area (Å²) < 4.78 is 0. The molecule has 4 aromatic rings. The number of ketones is 1. The fourth-order valence-corrected chi connectivity index (χ4v) is 7.88. The summed E-state index contributed by atoms with van der Waals surface area (Å²) in [7, 11) is 0. The molecule has 3 aromatic carbocycles. The molecular formula is C44H56IrNO2-. The number of hydrogen-bond acceptors (Lipinski definition) is 3.